The number of hydrogen-bond acceptors (Lipinski definition) is 4. The van der Waals surface area contributed by atoms with Crippen LogP contribution in [0.4, 0.5) is 5.69 Å². The van der Waals surface area contributed by atoms with E-state index in [2.05, 4.69) is 41.5 Å². The van der Waals surface area contributed by atoms with E-state index in [9.17, 15) is 8.42 Å². The fourth-order valence-corrected chi connectivity index (χ4v) is 6.72. The normalized spacial score (nSPS) is 26.2. The molecule has 0 radical (unpaired) electrons. The van der Waals surface area contributed by atoms with Gasteiger partial charge in [-0.25, -0.2) is 13.1 Å². The Labute approximate surface area is 141 Å². The first-order chi connectivity index (χ1) is 9.88. The Bertz CT molecular complexity index is 642. The van der Waals surface area contributed by atoms with Gasteiger partial charge in [0, 0.05) is 27.6 Å². The van der Waals surface area contributed by atoms with Crippen molar-refractivity contribution in [1.29, 1.82) is 0 Å². The molecule has 2 aliphatic rings. The molecular weight excluding hydrogens is 422 g/mol. The van der Waals surface area contributed by atoms with Crippen molar-refractivity contribution in [3.63, 3.8) is 0 Å². The standard InChI is InChI=1S/C13H17Br2N3O2S/c14-8-6-9(15)13(10(16)7-8)21(19,20)17-11-3-5-18-4-1-2-12(11)18/h6-7,11-12,17H,1-5,16H2. The van der Waals surface area contributed by atoms with Gasteiger partial charge in [-0.3, -0.25) is 4.90 Å². The molecule has 1 aromatic rings. The Morgan fingerprint density at radius 1 is 1.24 bits per heavy atom. The van der Waals surface area contributed by atoms with Crippen molar-refractivity contribution in [3.8, 4) is 0 Å². The fraction of sp³-hybridized carbons (Fsp3) is 0.538. The second-order valence-electron chi connectivity index (χ2n) is 5.57. The highest BCUT2D eigenvalue weighted by molar-refractivity contribution is 9.11. The second-order valence-corrected chi connectivity index (χ2v) is 8.99. The largest absolute Gasteiger partial charge is 0.398 e. The Morgan fingerprint density at radius 3 is 2.71 bits per heavy atom. The van der Waals surface area contributed by atoms with E-state index in [0.717, 1.165) is 36.8 Å². The number of anilines is 1. The molecule has 5 nitrogen and oxygen atoms in total. The van der Waals surface area contributed by atoms with Crippen molar-refractivity contribution in [3.05, 3.63) is 21.1 Å². The van der Waals surface area contributed by atoms with Crippen molar-refractivity contribution in [2.75, 3.05) is 18.8 Å². The summed E-state index contributed by atoms with van der Waals surface area (Å²) >= 11 is 6.61. The van der Waals surface area contributed by atoms with Crippen LogP contribution in [0.25, 0.3) is 0 Å². The number of halogens is 2. The predicted molar refractivity (Wildman–Crippen MR) is 89.6 cm³/mol. The molecule has 1 aromatic carbocycles. The van der Waals surface area contributed by atoms with Gasteiger partial charge >= 0.3 is 0 Å². The minimum absolute atomic E-state index is 0.0209. The Morgan fingerprint density at radius 2 is 2.00 bits per heavy atom. The number of nitrogens with one attached hydrogen (secondary N) is 1. The molecule has 0 aromatic heterocycles. The molecule has 0 amide bonds. The van der Waals surface area contributed by atoms with E-state index < -0.39 is 10.0 Å². The van der Waals surface area contributed by atoms with Crippen LogP contribution < -0.4 is 10.5 Å². The van der Waals surface area contributed by atoms with Crippen molar-refractivity contribution < 1.29 is 8.42 Å². The summed E-state index contributed by atoms with van der Waals surface area (Å²) in [5.74, 6) is 0. The molecule has 21 heavy (non-hydrogen) atoms. The van der Waals surface area contributed by atoms with Gasteiger partial charge in [-0.2, -0.15) is 0 Å². The van der Waals surface area contributed by atoms with Gasteiger partial charge in [-0.15, -0.1) is 0 Å². The zero-order valence-corrected chi connectivity index (χ0v) is 15.3. The second kappa shape index (κ2) is 5.81. The molecule has 0 bridgehead atoms. The Balaban J connectivity index is 1.88. The SMILES string of the molecule is Nc1cc(Br)cc(Br)c1S(=O)(=O)NC1CCN2CCCC12. The number of nitrogens with zero attached hydrogens (tertiary/aromatic N) is 1. The van der Waals surface area contributed by atoms with Gasteiger partial charge in [0.2, 0.25) is 10.0 Å². The minimum atomic E-state index is -3.63. The first-order valence-electron chi connectivity index (χ1n) is 6.89. The lowest BCUT2D eigenvalue weighted by molar-refractivity contribution is 0.309. The summed E-state index contributed by atoms with van der Waals surface area (Å²) in [6.07, 6.45) is 3.06. The molecule has 0 spiro atoms. The molecule has 3 rings (SSSR count). The van der Waals surface area contributed by atoms with Crippen LogP contribution in [0.1, 0.15) is 19.3 Å². The number of benzene rings is 1. The smallest absolute Gasteiger partial charge is 0.244 e. The molecular formula is C13H17Br2N3O2S. The molecule has 116 valence electrons. The van der Waals surface area contributed by atoms with Crippen molar-refractivity contribution >= 4 is 47.6 Å². The van der Waals surface area contributed by atoms with Gasteiger partial charge in [-0.05, 0) is 53.9 Å². The Kier molecular flexibility index (Phi) is 4.35. The van der Waals surface area contributed by atoms with Gasteiger partial charge < -0.3 is 5.73 Å². The maximum atomic E-state index is 12.7. The maximum absolute atomic E-state index is 12.7. The quantitative estimate of drug-likeness (QED) is 0.710. The number of hydrogen-bond donors (Lipinski definition) is 2. The van der Waals surface area contributed by atoms with Crippen LogP contribution in [-0.4, -0.2) is 38.5 Å². The summed E-state index contributed by atoms with van der Waals surface area (Å²) in [5, 5.41) is 0. The van der Waals surface area contributed by atoms with Crippen LogP contribution in [0.2, 0.25) is 0 Å². The number of fused-ring (bicyclic) bond motifs is 1. The average Bonchev–Trinajstić information content (AvgIpc) is 2.92. The molecule has 2 saturated heterocycles. The number of rotatable bonds is 3. The summed E-state index contributed by atoms with van der Waals surface area (Å²) < 4.78 is 29.4. The first kappa shape index (κ1) is 15.7. The van der Waals surface area contributed by atoms with Gasteiger partial charge in [0.05, 0.1) is 5.69 Å². The van der Waals surface area contributed by atoms with E-state index >= 15 is 0 Å². The van der Waals surface area contributed by atoms with E-state index in [1.54, 1.807) is 12.1 Å². The van der Waals surface area contributed by atoms with Crippen molar-refractivity contribution in [1.82, 2.24) is 9.62 Å². The first-order valence-corrected chi connectivity index (χ1v) is 9.96. The predicted octanol–water partition coefficient (Wildman–Crippen LogP) is 2.31. The van der Waals surface area contributed by atoms with Crippen LogP contribution in [0.15, 0.2) is 26.0 Å². The van der Waals surface area contributed by atoms with Crippen LogP contribution in [0, 0.1) is 0 Å². The molecule has 2 fully saturated rings. The molecule has 2 atom stereocenters. The van der Waals surface area contributed by atoms with Gasteiger partial charge in [0.15, 0.2) is 0 Å². The van der Waals surface area contributed by atoms with Crippen molar-refractivity contribution in [2.45, 2.75) is 36.2 Å². The highest BCUT2D eigenvalue weighted by Crippen LogP contribution is 2.33. The number of nitrogen functional groups attached to an aromatic ring is 1. The third kappa shape index (κ3) is 3.01. The third-order valence-electron chi connectivity index (χ3n) is 4.22. The Hall–Kier alpha value is -0.150. The lowest BCUT2D eigenvalue weighted by atomic mass is 10.1. The van der Waals surface area contributed by atoms with Crippen molar-refractivity contribution in [2.24, 2.45) is 0 Å². The highest BCUT2D eigenvalue weighted by Gasteiger charge is 2.39. The van der Waals surface area contributed by atoms with Gasteiger partial charge in [-0.1, -0.05) is 15.9 Å². The number of sulfonamides is 1. The van der Waals surface area contributed by atoms with Gasteiger partial charge in [0.25, 0.3) is 0 Å². The van der Waals surface area contributed by atoms with Crippen LogP contribution in [-0.2, 0) is 10.0 Å². The zero-order valence-electron chi connectivity index (χ0n) is 11.4. The van der Waals surface area contributed by atoms with E-state index in [1.165, 1.54) is 0 Å². The van der Waals surface area contributed by atoms with E-state index in [1.807, 2.05) is 0 Å². The van der Waals surface area contributed by atoms with Crippen LogP contribution >= 0.6 is 31.9 Å². The maximum Gasteiger partial charge on any atom is 0.244 e. The lowest BCUT2D eigenvalue weighted by Gasteiger charge is -2.22. The third-order valence-corrected chi connectivity index (χ3v) is 7.17. The van der Waals surface area contributed by atoms with E-state index in [-0.39, 0.29) is 16.6 Å². The molecule has 0 saturated carbocycles. The lowest BCUT2D eigenvalue weighted by Crippen LogP contribution is -2.42. The monoisotopic (exact) mass is 437 g/mol. The minimum Gasteiger partial charge on any atom is -0.398 e. The molecule has 2 heterocycles. The summed E-state index contributed by atoms with van der Waals surface area (Å²) in [6.45, 7) is 2.04. The summed E-state index contributed by atoms with van der Waals surface area (Å²) in [4.78, 5) is 2.50. The van der Waals surface area contributed by atoms with Crippen LogP contribution in [0.5, 0.6) is 0 Å². The molecule has 8 heteroatoms. The number of nitrogens with two attached hydrogens (primary N) is 1. The molecule has 0 aliphatic carbocycles. The fourth-order valence-electron chi connectivity index (χ4n) is 3.34. The highest BCUT2D eigenvalue weighted by atomic mass is 79.9. The summed E-state index contributed by atoms with van der Waals surface area (Å²) in [5.41, 5.74) is 6.14. The molecule has 3 N–H and O–H groups in total. The van der Waals surface area contributed by atoms with Gasteiger partial charge in [0.1, 0.15) is 4.90 Å². The summed E-state index contributed by atoms with van der Waals surface area (Å²) in [7, 11) is -3.63. The van der Waals surface area contributed by atoms with E-state index in [0.29, 0.717) is 10.5 Å². The van der Waals surface area contributed by atoms with Crippen LogP contribution in [0.3, 0.4) is 0 Å². The average molecular weight is 439 g/mol. The molecule has 2 unspecified atom stereocenters. The molecule has 2 aliphatic heterocycles. The zero-order chi connectivity index (χ0) is 15.2. The topological polar surface area (TPSA) is 75.4 Å². The summed E-state index contributed by atoms with van der Waals surface area (Å²) in [6, 6.07) is 3.61. The van der Waals surface area contributed by atoms with E-state index in [4.69, 9.17) is 5.73 Å².